The molecular formula is C13H19NO4. The Bertz CT molecular complexity index is 401. The van der Waals surface area contributed by atoms with Gasteiger partial charge in [-0.05, 0) is 30.9 Å². The Balaban J connectivity index is 1.76. The van der Waals surface area contributed by atoms with Crippen LogP contribution < -0.4 is 5.32 Å². The third kappa shape index (κ3) is 3.11. The minimum Gasteiger partial charge on any atom is -0.463 e. The summed E-state index contributed by atoms with van der Waals surface area (Å²) in [5.74, 6) is 0.783. The molecule has 1 fully saturated rings. The highest BCUT2D eigenvalue weighted by atomic mass is 16.5. The Kier molecular flexibility index (Phi) is 4.38. The number of methoxy groups -OCH3 is 1. The van der Waals surface area contributed by atoms with Crippen molar-refractivity contribution in [2.75, 3.05) is 13.7 Å². The number of aliphatic hydroxyl groups excluding tert-OH is 1. The van der Waals surface area contributed by atoms with E-state index in [4.69, 9.17) is 4.42 Å². The number of hydrogen-bond acceptors (Lipinski definition) is 5. The number of rotatable bonds is 5. The van der Waals surface area contributed by atoms with E-state index in [1.807, 2.05) is 0 Å². The topological polar surface area (TPSA) is 71.7 Å². The minimum absolute atomic E-state index is 0.181. The van der Waals surface area contributed by atoms with Gasteiger partial charge < -0.3 is 19.6 Å². The molecule has 100 valence electrons. The van der Waals surface area contributed by atoms with Gasteiger partial charge in [0, 0.05) is 6.54 Å². The van der Waals surface area contributed by atoms with E-state index in [1.165, 1.54) is 7.11 Å². The molecule has 0 aliphatic heterocycles. The van der Waals surface area contributed by atoms with E-state index >= 15 is 0 Å². The molecule has 5 heteroatoms. The van der Waals surface area contributed by atoms with Gasteiger partial charge in [-0.15, -0.1) is 0 Å². The molecule has 0 spiro atoms. The highest BCUT2D eigenvalue weighted by Gasteiger charge is 2.24. The average molecular weight is 253 g/mol. The SMILES string of the molecule is COC(=O)c1ccc(CNCC2CCCC2O)o1. The Morgan fingerprint density at radius 3 is 3.06 bits per heavy atom. The second kappa shape index (κ2) is 6.02. The lowest BCUT2D eigenvalue weighted by Crippen LogP contribution is -2.27. The van der Waals surface area contributed by atoms with E-state index in [2.05, 4.69) is 10.1 Å². The van der Waals surface area contributed by atoms with Crippen molar-refractivity contribution < 1.29 is 19.1 Å². The first-order valence-electron chi connectivity index (χ1n) is 6.26. The van der Waals surface area contributed by atoms with E-state index in [-0.39, 0.29) is 11.9 Å². The zero-order valence-electron chi connectivity index (χ0n) is 10.5. The maximum absolute atomic E-state index is 11.2. The largest absolute Gasteiger partial charge is 0.463 e. The fourth-order valence-corrected chi connectivity index (χ4v) is 2.32. The summed E-state index contributed by atoms with van der Waals surface area (Å²) in [6.45, 7) is 1.33. The third-order valence-corrected chi connectivity index (χ3v) is 3.37. The third-order valence-electron chi connectivity index (χ3n) is 3.37. The van der Waals surface area contributed by atoms with Gasteiger partial charge in [0.15, 0.2) is 0 Å². The van der Waals surface area contributed by atoms with Gasteiger partial charge in [0.25, 0.3) is 0 Å². The molecule has 0 amide bonds. The molecule has 2 atom stereocenters. The molecule has 1 aliphatic carbocycles. The van der Waals surface area contributed by atoms with Gasteiger partial charge in [-0.2, -0.15) is 0 Å². The van der Waals surface area contributed by atoms with Gasteiger partial charge in [-0.3, -0.25) is 0 Å². The van der Waals surface area contributed by atoms with Crippen molar-refractivity contribution in [1.82, 2.24) is 5.32 Å². The smallest absolute Gasteiger partial charge is 0.373 e. The summed E-state index contributed by atoms with van der Waals surface area (Å²) < 4.78 is 9.89. The number of esters is 1. The van der Waals surface area contributed by atoms with Gasteiger partial charge in [0.2, 0.25) is 5.76 Å². The summed E-state index contributed by atoms with van der Waals surface area (Å²) in [5, 5.41) is 12.9. The summed E-state index contributed by atoms with van der Waals surface area (Å²) in [4.78, 5) is 11.2. The molecule has 2 rings (SSSR count). The van der Waals surface area contributed by atoms with Crippen molar-refractivity contribution in [2.24, 2.45) is 5.92 Å². The number of aliphatic hydroxyl groups is 1. The first kappa shape index (κ1) is 13.1. The Morgan fingerprint density at radius 1 is 1.56 bits per heavy atom. The van der Waals surface area contributed by atoms with Crippen LogP contribution in [-0.4, -0.2) is 30.8 Å². The number of nitrogens with one attached hydrogen (secondary N) is 1. The predicted octanol–water partition coefficient (Wildman–Crippen LogP) is 1.32. The van der Waals surface area contributed by atoms with Crippen LogP contribution in [0.15, 0.2) is 16.5 Å². The zero-order valence-corrected chi connectivity index (χ0v) is 10.5. The van der Waals surface area contributed by atoms with Gasteiger partial charge >= 0.3 is 5.97 Å². The molecule has 0 bridgehead atoms. The van der Waals surface area contributed by atoms with Crippen molar-refractivity contribution in [3.8, 4) is 0 Å². The van der Waals surface area contributed by atoms with Gasteiger partial charge in [-0.25, -0.2) is 4.79 Å². The predicted molar refractivity (Wildman–Crippen MR) is 65.1 cm³/mol. The summed E-state index contributed by atoms with van der Waals surface area (Å²) in [5.41, 5.74) is 0. The van der Waals surface area contributed by atoms with E-state index in [1.54, 1.807) is 12.1 Å². The van der Waals surface area contributed by atoms with Crippen LogP contribution in [0.2, 0.25) is 0 Å². The van der Waals surface area contributed by atoms with E-state index in [0.717, 1.165) is 25.8 Å². The molecule has 1 heterocycles. The van der Waals surface area contributed by atoms with Crippen LogP contribution in [-0.2, 0) is 11.3 Å². The van der Waals surface area contributed by atoms with Gasteiger partial charge in [0.1, 0.15) is 5.76 Å². The fraction of sp³-hybridized carbons (Fsp3) is 0.615. The second-order valence-electron chi connectivity index (χ2n) is 4.65. The number of ether oxygens (including phenoxy) is 1. The molecule has 1 saturated carbocycles. The number of hydrogen-bond donors (Lipinski definition) is 2. The highest BCUT2D eigenvalue weighted by molar-refractivity contribution is 5.86. The van der Waals surface area contributed by atoms with Crippen molar-refractivity contribution in [3.63, 3.8) is 0 Å². The lowest BCUT2D eigenvalue weighted by molar-refractivity contribution is 0.0563. The van der Waals surface area contributed by atoms with Crippen LogP contribution in [0.4, 0.5) is 0 Å². The summed E-state index contributed by atoms with van der Waals surface area (Å²) in [6, 6.07) is 3.36. The highest BCUT2D eigenvalue weighted by Crippen LogP contribution is 2.24. The number of carbonyl (C=O) groups is 1. The Labute approximate surface area is 106 Å². The standard InChI is InChI=1S/C13H19NO4/c1-17-13(16)12-6-5-10(18-12)8-14-7-9-3-2-4-11(9)15/h5-6,9,11,14-15H,2-4,7-8H2,1H3. The van der Waals surface area contributed by atoms with Crippen LogP contribution in [0.25, 0.3) is 0 Å². The molecule has 1 aromatic heterocycles. The van der Waals surface area contributed by atoms with Crippen LogP contribution >= 0.6 is 0 Å². The molecule has 5 nitrogen and oxygen atoms in total. The van der Waals surface area contributed by atoms with E-state index in [9.17, 15) is 9.90 Å². The van der Waals surface area contributed by atoms with Crippen molar-refractivity contribution in [3.05, 3.63) is 23.7 Å². The lowest BCUT2D eigenvalue weighted by atomic mass is 10.1. The monoisotopic (exact) mass is 253 g/mol. The first-order valence-corrected chi connectivity index (χ1v) is 6.26. The maximum Gasteiger partial charge on any atom is 0.373 e. The van der Waals surface area contributed by atoms with Crippen LogP contribution in [0, 0.1) is 5.92 Å². The molecule has 18 heavy (non-hydrogen) atoms. The van der Waals surface area contributed by atoms with Crippen LogP contribution in [0.5, 0.6) is 0 Å². The van der Waals surface area contributed by atoms with Crippen LogP contribution in [0.3, 0.4) is 0 Å². The van der Waals surface area contributed by atoms with E-state index in [0.29, 0.717) is 18.2 Å². The zero-order chi connectivity index (χ0) is 13.0. The fourth-order valence-electron chi connectivity index (χ4n) is 2.32. The molecule has 1 aliphatic rings. The number of furan rings is 1. The normalized spacial score (nSPS) is 23.2. The minimum atomic E-state index is -0.465. The van der Waals surface area contributed by atoms with Gasteiger partial charge in [0.05, 0.1) is 19.8 Å². The Hall–Kier alpha value is -1.33. The average Bonchev–Trinajstić information content (AvgIpc) is 2.99. The molecule has 0 radical (unpaired) electrons. The molecule has 2 unspecified atom stereocenters. The van der Waals surface area contributed by atoms with Gasteiger partial charge in [-0.1, -0.05) is 6.42 Å². The van der Waals surface area contributed by atoms with Crippen molar-refractivity contribution >= 4 is 5.97 Å². The van der Waals surface area contributed by atoms with Crippen molar-refractivity contribution in [1.29, 1.82) is 0 Å². The van der Waals surface area contributed by atoms with Crippen LogP contribution in [0.1, 0.15) is 35.6 Å². The molecule has 0 saturated heterocycles. The molecule has 2 N–H and O–H groups in total. The van der Waals surface area contributed by atoms with Crippen molar-refractivity contribution in [2.45, 2.75) is 31.9 Å². The molecule has 1 aromatic rings. The summed E-state index contributed by atoms with van der Waals surface area (Å²) >= 11 is 0. The second-order valence-corrected chi connectivity index (χ2v) is 4.65. The molecular weight excluding hydrogens is 234 g/mol. The maximum atomic E-state index is 11.2. The number of carbonyl (C=O) groups excluding carboxylic acids is 1. The Morgan fingerprint density at radius 2 is 2.39 bits per heavy atom. The summed E-state index contributed by atoms with van der Waals surface area (Å²) in [6.07, 6.45) is 2.89. The lowest BCUT2D eigenvalue weighted by Gasteiger charge is -2.14. The molecule has 0 aromatic carbocycles. The summed E-state index contributed by atoms with van der Waals surface area (Å²) in [7, 11) is 1.32. The van der Waals surface area contributed by atoms with E-state index < -0.39 is 5.97 Å². The quantitative estimate of drug-likeness (QED) is 0.774. The first-order chi connectivity index (χ1) is 8.70.